The fraction of sp³-hybridized carbons (Fsp3) is 0.357. The van der Waals surface area contributed by atoms with E-state index in [1.54, 1.807) is 6.92 Å². The summed E-state index contributed by atoms with van der Waals surface area (Å²) in [6, 6.07) is 1.39. The molecule has 0 saturated carbocycles. The summed E-state index contributed by atoms with van der Waals surface area (Å²) in [7, 11) is 0. The number of benzene rings is 1. The Morgan fingerprint density at radius 3 is 2.92 bits per heavy atom. The van der Waals surface area contributed by atoms with Gasteiger partial charge in [0.2, 0.25) is 0 Å². The first-order valence-corrected chi connectivity index (χ1v) is 8.75. The van der Waals surface area contributed by atoms with Gasteiger partial charge in [-0.25, -0.2) is 4.79 Å². The normalized spacial score (nSPS) is 15.6. The van der Waals surface area contributed by atoms with Crippen LogP contribution in [0.4, 0.5) is 16.2 Å². The van der Waals surface area contributed by atoms with Gasteiger partial charge < -0.3 is 19.9 Å². The topological polar surface area (TPSA) is 117 Å². The average Bonchev–Trinajstić information content (AvgIpc) is 2.57. The average molecular weight is 481 g/mol. The number of anilines is 1. The van der Waals surface area contributed by atoms with Crippen LogP contribution in [0.2, 0.25) is 0 Å². The molecule has 1 saturated heterocycles. The van der Waals surface area contributed by atoms with Crippen LogP contribution in [-0.2, 0) is 9.47 Å². The molecule has 1 heterocycles. The maximum absolute atomic E-state index is 11.7. The van der Waals surface area contributed by atoms with Crippen LogP contribution in [0.5, 0.6) is 5.75 Å². The molecule has 1 fully saturated rings. The second kappa shape index (κ2) is 8.39. The highest BCUT2D eigenvalue weighted by Crippen LogP contribution is 2.43. The smallest absolute Gasteiger partial charge is 0.410 e. The number of nitro groups is 1. The lowest BCUT2D eigenvalue weighted by molar-refractivity contribution is -0.386. The summed E-state index contributed by atoms with van der Waals surface area (Å²) in [5.41, 5.74) is 5.75. The Bertz CT molecular complexity index is 725. The molecule has 0 spiro atoms. The minimum Gasteiger partial charge on any atom is -0.491 e. The molecule has 11 heteroatoms. The molecule has 1 aliphatic rings. The zero-order valence-corrected chi connectivity index (χ0v) is 16.3. The van der Waals surface area contributed by atoms with Gasteiger partial charge in [-0.2, -0.15) is 0 Å². The van der Waals surface area contributed by atoms with Crippen LogP contribution in [0, 0.1) is 10.1 Å². The molecule has 0 unspecified atom stereocenters. The number of hydrogen-bond donors (Lipinski definition) is 1. The van der Waals surface area contributed by atoms with Crippen molar-refractivity contribution in [2.75, 3.05) is 32.0 Å². The minimum atomic E-state index is -0.561. The molecule has 136 valence electrons. The van der Waals surface area contributed by atoms with E-state index in [1.165, 1.54) is 17.2 Å². The van der Waals surface area contributed by atoms with Gasteiger partial charge in [-0.3, -0.25) is 15.0 Å². The van der Waals surface area contributed by atoms with Crippen LogP contribution in [0.1, 0.15) is 6.92 Å². The number of carbonyl (C=O) groups is 1. The van der Waals surface area contributed by atoms with Crippen LogP contribution < -0.4 is 10.5 Å². The van der Waals surface area contributed by atoms with Gasteiger partial charge in [0, 0.05) is 6.07 Å². The first kappa shape index (κ1) is 19.3. The van der Waals surface area contributed by atoms with Crippen molar-refractivity contribution >= 4 is 49.3 Å². The van der Waals surface area contributed by atoms with E-state index < -0.39 is 11.0 Å². The van der Waals surface area contributed by atoms with Gasteiger partial charge in [0.25, 0.3) is 5.69 Å². The Morgan fingerprint density at radius 1 is 1.56 bits per heavy atom. The van der Waals surface area contributed by atoms with Gasteiger partial charge >= 0.3 is 6.09 Å². The van der Waals surface area contributed by atoms with E-state index in [1.807, 2.05) is 0 Å². The van der Waals surface area contributed by atoms with E-state index in [4.69, 9.17) is 19.9 Å². The molecule has 1 aromatic carbocycles. The minimum absolute atomic E-state index is 0.0739. The largest absolute Gasteiger partial charge is 0.491 e. The van der Waals surface area contributed by atoms with Crippen LogP contribution >= 0.6 is 31.9 Å². The van der Waals surface area contributed by atoms with Gasteiger partial charge in [0.05, 0.1) is 30.3 Å². The van der Waals surface area contributed by atoms with E-state index in [0.29, 0.717) is 18.9 Å². The van der Waals surface area contributed by atoms with Gasteiger partial charge in [-0.1, -0.05) is 0 Å². The van der Waals surface area contributed by atoms with Crippen molar-refractivity contribution < 1.29 is 23.9 Å². The van der Waals surface area contributed by atoms with Gasteiger partial charge in [-0.05, 0) is 38.8 Å². The number of carbonyl (C=O) groups excluding carboxylic acids is 1. The first-order valence-electron chi connectivity index (χ1n) is 7.17. The number of hydrogen-bond acceptors (Lipinski definition) is 7. The first-order chi connectivity index (χ1) is 11.8. The maximum atomic E-state index is 11.7. The SMILES string of the molecule is CCOC(=O)N1CCO/C(=C\Oc2cc(Br)c([N+](=O)[O-])c(Br)c2N)C1. The summed E-state index contributed by atoms with van der Waals surface area (Å²) >= 11 is 6.21. The zero-order valence-electron chi connectivity index (χ0n) is 13.2. The Labute approximate surface area is 160 Å². The summed E-state index contributed by atoms with van der Waals surface area (Å²) in [4.78, 5) is 23.7. The molecule has 0 aromatic heterocycles. The molecule has 25 heavy (non-hydrogen) atoms. The van der Waals surface area contributed by atoms with Crippen molar-refractivity contribution in [3.05, 3.63) is 37.1 Å². The maximum Gasteiger partial charge on any atom is 0.410 e. The molecule has 0 bridgehead atoms. The van der Waals surface area contributed by atoms with E-state index >= 15 is 0 Å². The summed E-state index contributed by atoms with van der Waals surface area (Å²) in [6.45, 7) is 2.91. The van der Waals surface area contributed by atoms with Crippen molar-refractivity contribution in [2.24, 2.45) is 0 Å². The van der Waals surface area contributed by atoms with Crippen molar-refractivity contribution in [2.45, 2.75) is 6.92 Å². The highest BCUT2D eigenvalue weighted by atomic mass is 79.9. The van der Waals surface area contributed by atoms with Crippen molar-refractivity contribution in [1.82, 2.24) is 4.90 Å². The predicted octanol–water partition coefficient (Wildman–Crippen LogP) is 3.41. The number of amides is 1. The number of ether oxygens (including phenoxy) is 3. The highest BCUT2D eigenvalue weighted by Gasteiger charge is 2.24. The number of nitrogen functional groups attached to an aromatic ring is 1. The summed E-state index contributed by atoms with van der Waals surface area (Å²) < 4.78 is 16.2. The van der Waals surface area contributed by atoms with Crippen molar-refractivity contribution in [3.63, 3.8) is 0 Å². The van der Waals surface area contributed by atoms with Crippen LogP contribution in [0.3, 0.4) is 0 Å². The fourth-order valence-corrected chi connectivity index (χ4v) is 3.41. The Hall–Kier alpha value is -2.01. The number of morpholine rings is 1. The van der Waals surface area contributed by atoms with Gasteiger partial charge in [-0.15, -0.1) is 0 Å². The van der Waals surface area contributed by atoms with Gasteiger partial charge in [0.15, 0.2) is 11.5 Å². The lowest BCUT2D eigenvalue weighted by Gasteiger charge is -2.27. The van der Waals surface area contributed by atoms with Crippen LogP contribution in [0.15, 0.2) is 27.0 Å². The van der Waals surface area contributed by atoms with Crippen molar-refractivity contribution in [3.8, 4) is 5.75 Å². The molecular formula is C14H15Br2N3O6. The molecule has 0 radical (unpaired) electrons. The number of halogens is 2. The molecule has 9 nitrogen and oxygen atoms in total. The second-order valence-electron chi connectivity index (χ2n) is 4.86. The third-order valence-electron chi connectivity index (χ3n) is 3.22. The van der Waals surface area contributed by atoms with Crippen LogP contribution in [-0.4, -0.2) is 42.2 Å². The monoisotopic (exact) mass is 479 g/mol. The van der Waals surface area contributed by atoms with Gasteiger partial charge in [0.1, 0.15) is 21.8 Å². The standard InChI is InChI=1S/C14H15Br2N3O6/c1-2-23-14(20)18-3-4-24-8(6-18)7-25-10-5-9(15)13(19(21)22)11(16)12(10)17/h5,7H,2-4,6,17H2,1H3/b8-7-. The molecule has 1 aromatic rings. The second-order valence-corrected chi connectivity index (χ2v) is 6.51. The lowest BCUT2D eigenvalue weighted by Crippen LogP contribution is -2.40. The third-order valence-corrected chi connectivity index (χ3v) is 4.62. The third kappa shape index (κ3) is 4.54. The van der Waals surface area contributed by atoms with E-state index in [-0.39, 0.29) is 39.2 Å². The Morgan fingerprint density at radius 2 is 2.28 bits per heavy atom. The molecule has 1 amide bonds. The fourth-order valence-electron chi connectivity index (χ4n) is 2.04. The summed E-state index contributed by atoms with van der Waals surface area (Å²) in [5, 5.41) is 11.0. The number of nitro benzene ring substituents is 1. The summed E-state index contributed by atoms with van der Waals surface area (Å²) in [5.74, 6) is 0.609. The molecule has 1 aliphatic heterocycles. The van der Waals surface area contributed by atoms with E-state index in [2.05, 4.69) is 31.9 Å². The zero-order chi connectivity index (χ0) is 18.6. The Kier molecular flexibility index (Phi) is 6.48. The lowest BCUT2D eigenvalue weighted by atomic mass is 10.2. The summed E-state index contributed by atoms with van der Waals surface area (Å²) in [6.07, 6.45) is 0.874. The highest BCUT2D eigenvalue weighted by molar-refractivity contribution is 9.11. The predicted molar refractivity (Wildman–Crippen MR) is 96.2 cm³/mol. The Balaban J connectivity index is 2.16. The molecule has 2 rings (SSSR count). The number of rotatable bonds is 4. The van der Waals surface area contributed by atoms with E-state index in [9.17, 15) is 14.9 Å². The number of nitrogens with zero attached hydrogens (tertiary/aromatic N) is 2. The van der Waals surface area contributed by atoms with Crippen LogP contribution in [0.25, 0.3) is 0 Å². The van der Waals surface area contributed by atoms with Crippen molar-refractivity contribution in [1.29, 1.82) is 0 Å². The quantitative estimate of drug-likeness (QED) is 0.303. The van der Waals surface area contributed by atoms with E-state index in [0.717, 1.165) is 0 Å². The number of nitrogens with two attached hydrogens (primary N) is 1. The molecule has 0 atom stereocenters. The molecule has 2 N–H and O–H groups in total. The molecule has 0 aliphatic carbocycles. The molecular weight excluding hydrogens is 466 g/mol.